The van der Waals surface area contributed by atoms with Crippen molar-refractivity contribution in [1.29, 1.82) is 0 Å². The van der Waals surface area contributed by atoms with E-state index in [1.54, 1.807) is 13.8 Å². The van der Waals surface area contributed by atoms with Gasteiger partial charge in [-0.25, -0.2) is 4.98 Å². The average molecular weight is 288 g/mol. The number of amides is 1. The lowest BCUT2D eigenvalue weighted by atomic mass is 10.1. The van der Waals surface area contributed by atoms with Gasteiger partial charge in [-0.15, -0.1) is 0 Å². The number of hydrogen-bond donors (Lipinski definition) is 0. The first-order valence-electron chi connectivity index (χ1n) is 7.19. The lowest BCUT2D eigenvalue weighted by molar-refractivity contribution is 0.0788. The molecule has 1 atom stereocenters. The molecule has 0 bridgehead atoms. The van der Waals surface area contributed by atoms with Gasteiger partial charge < -0.3 is 14.0 Å². The molecule has 1 fully saturated rings. The Bertz CT molecular complexity index is 666. The predicted molar refractivity (Wildman–Crippen MR) is 77.2 cm³/mol. The van der Waals surface area contributed by atoms with Crippen molar-refractivity contribution >= 4 is 5.91 Å². The summed E-state index contributed by atoms with van der Waals surface area (Å²) in [5.74, 6) is 1.96. The SMILES string of the molecule is Cc1cn(C)c([C@H]2CCN(C(=O)c3c(C)noc3C)C2)n1. The molecule has 0 radical (unpaired) electrons. The van der Waals surface area contributed by atoms with Crippen molar-refractivity contribution in [2.45, 2.75) is 33.1 Å². The number of imidazole rings is 1. The zero-order valence-corrected chi connectivity index (χ0v) is 12.9. The molecule has 0 N–H and O–H groups in total. The van der Waals surface area contributed by atoms with Crippen LogP contribution in [0, 0.1) is 20.8 Å². The van der Waals surface area contributed by atoms with Crippen molar-refractivity contribution in [1.82, 2.24) is 19.6 Å². The van der Waals surface area contributed by atoms with Crippen molar-refractivity contribution < 1.29 is 9.32 Å². The predicted octanol–water partition coefficient (Wildman–Crippen LogP) is 1.96. The molecule has 1 amide bonds. The second-order valence-corrected chi connectivity index (χ2v) is 5.79. The normalized spacial score (nSPS) is 18.5. The third-order valence-electron chi connectivity index (χ3n) is 4.12. The number of aryl methyl sites for hydroxylation is 4. The van der Waals surface area contributed by atoms with Crippen molar-refractivity contribution in [3.8, 4) is 0 Å². The molecule has 6 heteroatoms. The van der Waals surface area contributed by atoms with Crippen LogP contribution in [0.1, 0.15) is 45.7 Å². The van der Waals surface area contributed by atoms with E-state index in [2.05, 4.69) is 14.7 Å². The van der Waals surface area contributed by atoms with Gasteiger partial charge in [0.05, 0.1) is 11.4 Å². The van der Waals surface area contributed by atoms with Gasteiger partial charge in [-0.1, -0.05) is 5.16 Å². The summed E-state index contributed by atoms with van der Waals surface area (Å²) in [6.45, 7) is 7.03. The van der Waals surface area contributed by atoms with Gasteiger partial charge in [-0.3, -0.25) is 4.79 Å². The number of rotatable bonds is 2. The Balaban J connectivity index is 1.78. The third kappa shape index (κ3) is 2.34. The van der Waals surface area contributed by atoms with Crippen LogP contribution in [0.3, 0.4) is 0 Å². The van der Waals surface area contributed by atoms with E-state index in [9.17, 15) is 4.79 Å². The maximum atomic E-state index is 12.6. The number of likely N-dealkylation sites (tertiary alicyclic amines) is 1. The topological polar surface area (TPSA) is 64.2 Å². The van der Waals surface area contributed by atoms with Crippen LogP contribution >= 0.6 is 0 Å². The van der Waals surface area contributed by atoms with E-state index >= 15 is 0 Å². The Morgan fingerprint density at radius 1 is 1.38 bits per heavy atom. The summed E-state index contributed by atoms with van der Waals surface area (Å²) in [4.78, 5) is 19.1. The maximum absolute atomic E-state index is 12.6. The van der Waals surface area contributed by atoms with Crippen LogP contribution in [0.25, 0.3) is 0 Å². The highest BCUT2D eigenvalue weighted by Crippen LogP contribution is 2.28. The Morgan fingerprint density at radius 3 is 2.71 bits per heavy atom. The standard InChI is InChI=1S/C15H20N4O2/c1-9-7-18(4)14(16-9)12-5-6-19(8-12)15(20)13-10(2)17-21-11(13)3/h7,12H,5-6,8H2,1-4H3/t12-/m0/s1. The highest BCUT2D eigenvalue weighted by molar-refractivity contribution is 5.96. The molecule has 0 aromatic carbocycles. The number of nitrogens with zero attached hydrogens (tertiary/aromatic N) is 4. The van der Waals surface area contributed by atoms with Gasteiger partial charge in [0.25, 0.3) is 5.91 Å². The van der Waals surface area contributed by atoms with E-state index in [0.717, 1.165) is 24.5 Å². The average Bonchev–Trinajstić information content (AvgIpc) is 3.10. The maximum Gasteiger partial charge on any atom is 0.259 e. The van der Waals surface area contributed by atoms with E-state index in [0.29, 0.717) is 29.5 Å². The molecule has 2 aromatic heterocycles. The monoisotopic (exact) mass is 288 g/mol. The summed E-state index contributed by atoms with van der Waals surface area (Å²) >= 11 is 0. The lowest BCUT2D eigenvalue weighted by Gasteiger charge is -2.16. The highest BCUT2D eigenvalue weighted by atomic mass is 16.5. The molecule has 6 nitrogen and oxygen atoms in total. The summed E-state index contributed by atoms with van der Waals surface area (Å²) in [6.07, 6.45) is 2.97. The molecule has 0 aliphatic carbocycles. The third-order valence-corrected chi connectivity index (χ3v) is 4.12. The molecule has 1 saturated heterocycles. The van der Waals surface area contributed by atoms with Gasteiger partial charge in [0.15, 0.2) is 0 Å². The molecule has 21 heavy (non-hydrogen) atoms. The van der Waals surface area contributed by atoms with Crippen molar-refractivity contribution in [3.05, 3.63) is 34.7 Å². The summed E-state index contributed by atoms with van der Waals surface area (Å²) < 4.78 is 7.16. The fourth-order valence-corrected chi connectivity index (χ4v) is 3.12. The van der Waals surface area contributed by atoms with Gasteiger partial charge in [-0.05, 0) is 27.2 Å². The minimum Gasteiger partial charge on any atom is -0.361 e. The van der Waals surface area contributed by atoms with E-state index in [4.69, 9.17) is 4.52 Å². The summed E-state index contributed by atoms with van der Waals surface area (Å²) in [5, 5.41) is 3.86. The van der Waals surface area contributed by atoms with Crippen LogP contribution in [0.15, 0.2) is 10.7 Å². The molecule has 3 heterocycles. The van der Waals surface area contributed by atoms with Crippen molar-refractivity contribution in [3.63, 3.8) is 0 Å². The summed E-state index contributed by atoms with van der Waals surface area (Å²) in [6, 6.07) is 0. The number of carbonyl (C=O) groups excluding carboxylic acids is 1. The van der Waals surface area contributed by atoms with Gasteiger partial charge in [0.2, 0.25) is 0 Å². The molecule has 0 unspecified atom stereocenters. The van der Waals surface area contributed by atoms with Gasteiger partial charge >= 0.3 is 0 Å². The fraction of sp³-hybridized carbons (Fsp3) is 0.533. The molecule has 0 spiro atoms. The minimum absolute atomic E-state index is 0.0136. The Morgan fingerprint density at radius 2 is 2.14 bits per heavy atom. The minimum atomic E-state index is 0.0136. The second-order valence-electron chi connectivity index (χ2n) is 5.79. The van der Waals surface area contributed by atoms with Crippen molar-refractivity contribution in [2.24, 2.45) is 7.05 Å². The molecule has 2 aromatic rings. The van der Waals surface area contributed by atoms with E-state index in [-0.39, 0.29) is 5.91 Å². The first-order valence-corrected chi connectivity index (χ1v) is 7.19. The summed E-state index contributed by atoms with van der Waals surface area (Å²) in [5.41, 5.74) is 2.28. The van der Waals surface area contributed by atoms with E-state index < -0.39 is 0 Å². The Hall–Kier alpha value is -2.11. The Labute approximate surface area is 123 Å². The number of hydrogen-bond acceptors (Lipinski definition) is 4. The molecule has 0 saturated carbocycles. The fourth-order valence-electron chi connectivity index (χ4n) is 3.12. The quantitative estimate of drug-likeness (QED) is 0.847. The van der Waals surface area contributed by atoms with Crippen LogP contribution in [0.4, 0.5) is 0 Å². The van der Waals surface area contributed by atoms with E-state index in [1.165, 1.54) is 0 Å². The van der Waals surface area contributed by atoms with Crippen LogP contribution in [-0.4, -0.2) is 38.6 Å². The van der Waals surface area contributed by atoms with Crippen LogP contribution in [0.2, 0.25) is 0 Å². The first kappa shape index (κ1) is 13.9. The largest absolute Gasteiger partial charge is 0.361 e. The van der Waals surface area contributed by atoms with Crippen LogP contribution in [-0.2, 0) is 7.05 Å². The number of carbonyl (C=O) groups is 1. The molecule has 1 aliphatic rings. The van der Waals surface area contributed by atoms with Crippen molar-refractivity contribution in [2.75, 3.05) is 13.1 Å². The lowest BCUT2D eigenvalue weighted by Crippen LogP contribution is -2.29. The molecule has 3 rings (SSSR count). The smallest absolute Gasteiger partial charge is 0.259 e. The summed E-state index contributed by atoms with van der Waals surface area (Å²) in [7, 11) is 2.01. The molecular formula is C15H20N4O2. The number of aromatic nitrogens is 3. The van der Waals surface area contributed by atoms with Crippen LogP contribution < -0.4 is 0 Å². The highest BCUT2D eigenvalue weighted by Gasteiger charge is 2.32. The van der Waals surface area contributed by atoms with Gasteiger partial charge in [0, 0.05) is 32.3 Å². The zero-order chi connectivity index (χ0) is 15.1. The first-order chi connectivity index (χ1) is 9.97. The van der Waals surface area contributed by atoms with Gasteiger partial charge in [-0.2, -0.15) is 0 Å². The van der Waals surface area contributed by atoms with Gasteiger partial charge in [0.1, 0.15) is 17.1 Å². The van der Waals surface area contributed by atoms with Crippen LogP contribution in [0.5, 0.6) is 0 Å². The molecular weight excluding hydrogens is 268 g/mol. The Kier molecular flexibility index (Phi) is 3.31. The second kappa shape index (κ2) is 5.02. The molecule has 1 aliphatic heterocycles. The van der Waals surface area contributed by atoms with E-state index in [1.807, 2.05) is 25.1 Å². The zero-order valence-electron chi connectivity index (χ0n) is 12.9. The molecule has 112 valence electrons.